The number of Topliss-reactive ketones (excluding diaryl/α,β-unsaturated/α-hetero) is 1. The Bertz CT molecular complexity index is 537. The van der Waals surface area contributed by atoms with Crippen LogP contribution in [0.4, 0.5) is 0 Å². The first-order chi connectivity index (χ1) is 8.68. The molecule has 2 aromatic carbocycles. The lowest BCUT2D eigenvalue weighted by Gasteiger charge is -2.14. The molecule has 2 nitrogen and oxygen atoms in total. The highest BCUT2D eigenvalue weighted by molar-refractivity contribution is 9.10. The molecule has 0 heterocycles. The van der Waals surface area contributed by atoms with Crippen molar-refractivity contribution in [2.75, 3.05) is 0 Å². The highest BCUT2D eigenvalue weighted by atomic mass is 79.9. The molecule has 0 aromatic heterocycles. The van der Waals surface area contributed by atoms with Gasteiger partial charge in [-0.25, -0.2) is 0 Å². The Labute approximate surface area is 115 Å². The molecule has 2 rings (SSSR count). The van der Waals surface area contributed by atoms with Gasteiger partial charge in [0.05, 0.1) is 4.47 Å². The minimum atomic E-state index is -0.508. The van der Waals surface area contributed by atoms with Crippen LogP contribution in [0.15, 0.2) is 59.1 Å². The van der Waals surface area contributed by atoms with E-state index >= 15 is 0 Å². The Hall–Kier alpha value is -1.61. The quantitative estimate of drug-likeness (QED) is 0.795. The van der Waals surface area contributed by atoms with E-state index < -0.39 is 6.10 Å². The molecule has 0 aliphatic carbocycles. The average Bonchev–Trinajstić information content (AvgIpc) is 2.41. The summed E-state index contributed by atoms with van der Waals surface area (Å²) < 4.78 is 6.51. The monoisotopic (exact) mass is 304 g/mol. The number of hydrogen-bond acceptors (Lipinski definition) is 2. The third kappa shape index (κ3) is 2.99. The van der Waals surface area contributed by atoms with Crippen molar-refractivity contribution in [3.05, 3.63) is 64.6 Å². The molecule has 92 valence electrons. The van der Waals surface area contributed by atoms with Crippen LogP contribution in [0.5, 0.6) is 5.75 Å². The fraction of sp³-hybridized carbons (Fsp3) is 0.133. The second-order valence-electron chi connectivity index (χ2n) is 3.92. The van der Waals surface area contributed by atoms with E-state index in [9.17, 15) is 4.79 Å². The van der Waals surface area contributed by atoms with Gasteiger partial charge in [0.25, 0.3) is 0 Å². The molecule has 0 amide bonds. The van der Waals surface area contributed by atoms with Gasteiger partial charge in [-0.1, -0.05) is 42.5 Å². The lowest BCUT2D eigenvalue weighted by molar-refractivity contribution is 0.0817. The van der Waals surface area contributed by atoms with Crippen molar-refractivity contribution in [2.45, 2.75) is 13.0 Å². The van der Waals surface area contributed by atoms with Gasteiger partial charge in [-0.3, -0.25) is 4.79 Å². The van der Waals surface area contributed by atoms with Crippen LogP contribution in [0.25, 0.3) is 0 Å². The molecule has 0 aliphatic heterocycles. The van der Waals surface area contributed by atoms with Crippen LogP contribution >= 0.6 is 15.9 Å². The maximum absolute atomic E-state index is 12.1. The summed E-state index contributed by atoms with van der Waals surface area (Å²) >= 11 is 3.39. The van der Waals surface area contributed by atoms with E-state index in [-0.39, 0.29) is 5.78 Å². The molecule has 18 heavy (non-hydrogen) atoms. The summed E-state index contributed by atoms with van der Waals surface area (Å²) in [6.45, 7) is 1.76. The van der Waals surface area contributed by atoms with Gasteiger partial charge < -0.3 is 4.74 Å². The van der Waals surface area contributed by atoms with Crippen LogP contribution in [0.2, 0.25) is 0 Å². The number of rotatable bonds is 4. The number of hydrogen-bond donors (Lipinski definition) is 0. The number of carbonyl (C=O) groups excluding carboxylic acids is 1. The van der Waals surface area contributed by atoms with Crippen LogP contribution in [-0.2, 0) is 0 Å². The molecule has 0 N–H and O–H groups in total. The molecule has 0 fully saturated rings. The first kappa shape index (κ1) is 12.8. The molecule has 2 aromatic rings. The van der Waals surface area contributed by atoms with Crippen molar-refractivity contribution in [1.82, 2.24) is 0 Å². The smallest absolute Gasteiger partial charge is 0.202 e. The zero-order valence-corrected chi connectivity index (χ0v) is 11.6. The number of carbonyl (C=O) groups is 1. The van der Waals surface area contributed by atoms with Gasteiger partial charge in [-0.15, -0.1) is 0 Å². The summed E-state index contributed by atoms with van der Waals surface area (Å²) in [5.74, 6) is 0.653. The lowest BCUT2D eigenvalue weighted by Crippen LogP contribution is -2.23. The number of halogens is 1. The number of ketones is 1. The molecule has 3 heteroatoms. The molecule has 1 atom stereocenters. The van der Waals surface area contributed by atoms with Crippen molar-refractivity contribution in [3.63, 3.8) is 0 Å². The number of ether oxygens (including phenoxy) is 1. The third-order valence-corrected chi connectivity index (χ3v) is 3.22. The molecule has 0 saturated heterocycles. The van der Waals surface area contributed by atoms with Crippen molar-refractivity contribution in [2.24, 2.45) is 0 Å². The molecule has 1 unspecified atom stereocenters. The number of para-hydroxylation sites is 1. The largest absolute Gasteiger partial charge is 0.481 e. The molecule has 0 radical (unpaired) electrons. The first-order valence-electron chi connectivity index (χ1n) is 5.69. The highest BCUT2D eigenvalue weighted by Crippen LogP contribution is 2.25. The van der Waals surface area contributed by atoms with Crippen molar-refractivity contribution in [3.8, 4) is 5.75 Å². The zero-order valence-electron chi connectivity index (χ0n) is 9.97. The van der Waals surface area contributed by atoms with Crippen LogP contribution in [-0.4, -0.2) is 11.9 Å². The van der Waals surface area contributed by atoms with Crippen LogP contribution in [0.3, 0.4) is 0 Å². The Balaban J connectivity index is 2.11. The van der Waals surface area contributed by atoms with Crippen molar-refractivity contribution in [1.29, 1.82) is 0 Å². The minimum absolute atomic E-state index is 0.0219. The maximum Gasteiger partial charge on any atom is 0.202 e. The SMILES string of the molecule is CC(Oc1ccccc1Br)C(=O)c1ccccc1. The molecule has 0 saturated carbocycles. The summed E-state index contributed by atoms with van der Waals surface area (Å²) in [7, 11) is 0. The summed E-state index contributed by atoms with van der Waals surface area (Å²) in [4.78, 5) is 12.1. The Kier molecular flexibility index (Phi) is 4.15. The summed E-state index contributed by atoms with van der Waals surface area (Å²) in [6, 6.07) is 16.7. The van der Waals surface area contributed by atoms with E-state index in [2.05, 4.69) is 15.9 Å². The van der Waals surface area contributed by atoms with Gasteiger partial charge in [0.1, 0.15) is 5.75 Å². The second-order valence-corrected chi connectivity index (χ2v) is 4.78. The fourth-order valence-electron chi connectivity index (χ4n) is 1.62. The van der Waals surface area contributed by atoms with Gasteiger partial charge in [0.2, 0.25) is 5.78 Å². The molecular formula is C15H13BrO2. The first-order valence-corrected chi connectivity index (χ1v) is 6.48. The van der Waals surface area contributed by atoms with E-state index in [1.165, 1.54) is 0 Å². The van der Waals surface area contributed by atoms with Crippen molar-refractivity contribution < 1.29 is 9.53 Å². The third-order valence-electron chi connectivity index (χ3n) is 2.57. The van der Waals surface area contributed by atoms with E-state index in [1.54, 1.807) is 19.1 Å². The maximum atomic E-state index is 12.1. The van der Waals surface area contributed by atoms with Crippen molar-refractivity contribution >= 4 is 21.7 Å². The van der Waals surface area contributed by atoms with E-state index in [1.807, 2.05) is 42.5 Å². The Morgan fingerprint density at radius 2 is 1.67 bits per heavy atom. The second kappa shape index (κ2) is 5.83. The van der Waals surface area contributed by atoms with Gasteiger partial charge >= 0.3 is 0 Å². The zero-order chi connectivity index (χ0) is 13.0. The standard InChI is InChI=1S/C15H13BrO2/c1-11(15(17)12-7-3-2-4-8-12)18-14-10-6-5-9-13(14)16/h2-11H,1H3. The fourth-order valence-corrected chi connectivity index (χ4v) is 2.00. The molecule has 0 bridgehead atoms. The van der Waals surface area contributed by atoms with Gasteiger partial charge in [-0.05, 0) is 35.0 Å². The molecule has 0 spiro atoms. The van der Waals surface area contributed by atoms with E-state index in [4.69, 9.17) is 4.74 Å². The Morgan fingerprint density at radius 3 is 2.33 bits per heavy atom. The Morgan fingerprint density at radius 1 is 1.06 bits per heavy atom. The predicted molar refractivity (Wildman–Crippen MR) is 75.0 cm³/mol. The van der Waals surface area contributed by atoms with Crippen LogP contribution in [0.1, 0.15) is 17.3 Å². The lowest BCUT2D eigenvalue weighted by atomic mass is 10.1. The minimum Gasteiger partial charge on any atom is -0.481 e. The summed E-state index contributed by atoms with van der Waals surface area (Å²) in [6.07, 6.45) is -0.508. The summed E-state index contributed by atoms with van der Waals surface area (Å²) in [5.41, 5.74) is 0.664. The average molecular weight is 305 g/mol. The van der Waals surface area contributed by atoms with Gasteiger partial charge in [0.15, 0.2) is 6.10 Å². The predicted octanol–water partition coefficient (Wildman–Crippen LogP) is 4.10. The molecule has 0 aliphatic rings. The topological polar surface area (TPSA) is 26.3 Å². The van der Waals surface area contributed by atoms with Gasteiger partial charge in [0, 0.05) is 5.56 Å². The normalized spacial score (nSPS) is 11.9. The van der Waals surface area contributed by atoms with E-state index in [0.29, 0.717) is 11.3 Å². The highest BCUT2D eigenvalue weighted by Gasteiger charge is 2.17. The van der Waals surface area contributed by atoms with Crippen LogP contribution in [0, 0.1) is 0 Å². The van der Waals surface area contributed by atoms with Gasteiger partial charge in [-0.2, -0.15) is 0 Å². The van der Waals surface area contributed by atoms with E-state index in [0.717, 1.165) is 4.47 Å². The molecular weight excluding hydrogens is 292 g/mol. The summed E-state index contributed by atoms with van der Waals surface area (Å²) in [5, 5.41) is 0. The van der Waals surface area contributed by atoms with Crippen LogP contribution < -0.4 is 4.74 Å². The number of benzene rings is 2.